The lowest BCUT2D eigenvalue weighted by Crippen LogP contribution is -2.49. The van der Waals surface area contributed by atoms with Crippen LogP contribution in [-0.4, -0.2) is 37.9 Å². The molecule has 1 saturated heterocycles. The molecule has 7 heteroatoms. The lowest BCUT2D eigenvalue weighted by Gasteiger charge is -2.38. The van der Waals surface area contributed by atoms with Gasteiger partial charge in [0.1, 0.15) is 0 Å². The Morgan fingerprint density at radius 2 is 2.14 bits per heavy atom. The van der Waals surface area contributed by atoms with Gasteiger partial charge >= 0.3 is 0 Å². The molecule has 0 N–H and O–H groups in total. The summed E-state index contributed by atoms with van der Waals surface area (Å²) in [5, 5.41) is 8.24. The average molecular weight is 303 g/mol. The van der Waals surface area contributed by atoms with Gasteiger partial charge in [-0.05, 0) is 13.0 Å². The van der Waals surface area contributed by atoms with Gasteiger partial charge in [0.05, 0.1) is 18.8 Å². The van der Waals surface area contributed by atoms with E-state index in [-0.39, 0.29) is 11.5 Å². The van der Waals surface area contributed by atoms with E-state index in [1.54, 1.807) is 16.8 Å². The molecule has 0 atom stereocenters. The Morgan fingerprint density at radius 1 is 1.36 bits per heavy atom. The van der Waals surface area contributed by atoms with E-state index >= 15 is 0 Å². The minimum Gasteiger partial charge on any atom is -0.338 e. The molecule has 118 valence electrons. The molecule has 7 nitrogen and oxygen atoms in total. The summed E-state index contributed by atoms with van der Waals surface area (Å²) < 4.78 is 6.81. The monoisotopic (exact) mass is 303 g/mol. The summed E-state index contributed by atoms with van der Waals surface area (Å²) in [5.41, 5.74) is 0.824. The molecule has 0 aromatic carbocycles. The maximum atomic E-state index is 11.7. The number of hydrogen-bond donors (Lipinski definition) is 0. The minimum absolute atomic E-state index is 0.0393. The quantitative estimate of drug-likeness (QED) is 0.826. The molecule has 0 amide bonds. The second-order valence-electron chi connectivity index (χ2n) is 6.26. The van der Waals surface area contributed by atoms with Crippen LogP contribution in [0.25, 0.3) is 0 Å². The third kappa shape index (κ3) is 3.24. The fraction of sp³-hybridized carbons (Fsp3) is 0.600. The molecule has 1 aliphatic rings. The van der Waals surface area contributed by atoms with Crippen LogP contribution in [0.5, 0.6) is 0 Å². The summed E-state index contributed by atoms with van der Waals surface area (Å²) in [6, 6.07) is 3.32. The van der Waals surface area contributed by atoms with Crippen molar-refractivity contribution in [3.8, 4) is 0 Å². The topological polar surface area (TPSA) is 77.0 Å². The van der Waals surface area contributed by atoms with Crippen molar-refractivity contribution in [2.45, 2.75) is 39.8 Å². The maximum Gasteiger partial charge on any atom is 0.266 e. The van der Waals surface area contributed by atoms with Crippen LogP contribution in [0.15, 0.2) is 21.5 Å². The summed E-state index contributed by atoms with van der Waals surface area (Å²) in [4.78, 5) is 18.4. The summed E-state index contributed by atoms with van der Waals surface area (Å²) >= 11 is 0. The second-order valence-corrected chi connectivity index (χ2v) is 6.26. The molecule has 0 saturated carbocycles. The zero-order valence-corrected chi connectivity index (χ0v) is 13.2. The highest BCUT2D eigenvalue weighted by Gasteiger charge is 2.29. The van der Waals surface area contributed by atoms with E-state index in [2.05, 4.69) is 20.1 Å². The molecule has 2 aromatic heterocycles. The van der Waals surface area contributed by atoms with Gasteiger partial charge in [-0.25, -0.2) is 4.68 Å². The van der Waals surface area contributed by atoms with Crippen LogP contribution in [-0.2, 0) is 13.1 Å². The van der Waals surface area contributed by atoms with Gasteiger partial charge in [-0.1, -0.05) is 19.0 Å². The van der Waals surface area contributed by atoms with Crippen molar-refractivity contribution in [3.05, 3.63) is 39.9 Å². The third-order valence-corrected chi connectivity index (χ3v) is 3.82. The van der Waals surface area contributed by atoms with E-state index in [1.807, 2.05) is 20.8 Å². The molecule has 22 heavy (non-hydrogen) atoms. The first-order valence-electron chi connectivity index (χ1n) is 7.61. The minimum atomic E-state index is -0.0393. The van der Waals surface area contributed by atoms with Crippen molar-refractivity contribution < 1.29 is 4.52 Å². The third-order valence-electron chi connectivity index (χ3n) is 3.82. The summed E-state index contributed by atoms with van der Waals surface area (Å²) in [6.45, 7) is 9.15. The molecule has 0 spiro atoms. The predicted molar refractivity (Wildman–Crippen MR) is 80.4 cm³/mol. The highest BCUT2D eigenvalue weighted by molar-refractivity contribution is 4.98. The van der Waals surface area contributed by atoms with E-state index < -0.39 is 0 Å². The molecule has 0 radical (unpaired) electrons. The van der Waals surface area contributed by atoms with E-state index in [1.165, 1.54) is 0 Å². The number of aromatic nitrogens is 4. The highest BCUT2D eigenvalue weighted by atomic mass is 16.5. The molecular formula is C15H21N5O2. The van der Waals surface area contributed by atoms with E-state index in [0.717, 1.165) is 24.6 Å². The highest BCUT2D eigenvalue weighted by Crippen LogP contribution is 2.20. The molecular weight excluding hydrogens is 282 g/mol. The van der Waals surface area contributed by atoms with Crippen molar-refractivity contribution in [1.29, 1.82) is 0 Å². The summed E-state index contributed by atoms with van der Waals surface area (Å²) in [6.07, 6.45) is 0. The molecule has 1 fully saturated rings. The lowest BCUT2D eigenvalue weighted by atomic mass is 10.0. The molecule has 1 aliphatic heterocycles. The van der Waals surface area contributed by atoms with Gasteiger partial charge in [-0.15, -0.1) is 0 Å². The Kier molecular flexibility index (Phi) is 4.06. The lowest BCUT2D eigenvalue weighted by molar-refractivity contribution is 0.0658. The molecule has 0 unspecified atom stereocenters. The van der Waals surface area contributed by atoms with Crippen LogP contribution in [0.1, 0.15) is 37.2 Å². The Bertz CT molecular complexity index is 700. The second kappa shape index (κ2) is 6.00. The van der Waals surface area contributed by atoms with Gasteiger partial charge in [0.2, 0.25) is 5.89 Å². The van der Waals surface area contributed by atoms with Crippen LogP contribution in [0, 0.1) is 12.8 Å². The van der Waals surface area contributed by atoms with Crippen LogP contribution < -0.4 is 5.56 Å². The smallest absolute Gasteiger partial charge is 0.266 e. The molecule has 3 rings (SSSR count). The van der Waals surface area contributed by atoms with Crippen LogP contribution in [0.3, 0.4) is 0 Å². The van der Waals surface area contributed by atoms with Crippen LogP contribution in [0.2, 0.25) is 0 Å². The molecule has 2 aromatic rings. The van der Waals surface area contributed by atoms with Crippen LogP contribution in [0.4, 0.5) is 0 Å². The number of rotatable bonds is 5. The van der Waals surface area contributed by atoms with Gasteiger partial charge in [-0.3, -0.25) is 9.69 Å². The molecule has 0 aliphatic carbocycles. The first-order chi connectivity index (χ1) is 10.5. The van der Waals surface area contributed by atoms with Gasteiger partial charge in [-0.2, -0.15) is 10.1 Å². The van der Waals surface area contributed by atoms with Crippen molar-refractivity contribution in [3.63, 3.8) is 0 Å². The molecule has 3 heterocycles. The Morgan fingerprint density at radius 3 is 2.82 bits per heavy atom. The van der Waals surface area contributed by atoms with E-state index in [4.69, 9.17) is 4.52 Å². The summed E-state index contributed by atoms with van der Waals surface area (Å²) in [7, 11) is 0. The SMILES string of the molecule is Cc1ccc(=O)n(CC2CN(Cc3nc(C(C)C)no3)C2)n1. The van der Waals surface area contributed by atoms with Crippen molar-refractivity contribution in [1.82, 2.24) is 24.8 Å². The van der Waals surface area contributed by atoms with Crippen molar-refractivity contribution >= 4 is 0 Å². The zero-order chi connectivity index (χ0) is 15.7. The number of aryl methyl sites for hydroxylation is 1. The van der Waals surface area contributed by atoms with Gasteiger partial charge in [0.25, 0.3) is 5.56 Å². The van der Waals surface area contributed by atoms with Gasteiger partial charge < -0.3 is 4.52 Å². The Hall–Kier alpha value is -2.02. The van der Waals surface area contributed by atoms with Crippen LogP contribution >= 0.6 is 0 Å². The number of hydrogen-bond acceptors (Lipinski definition) is 6. The van der Waals surface area contributed by atoms with Crippen molar-refractivity contribution in [2.75, 3.05) is 13.1 Å². The van der Waals surface area contributed by atoms with Gasteiger partial charge in [0.15, 0.2) is 5.82 Å². The van der Waals surface area contributed by atoms with Gasteiger partial charge in [0, 0.05) is 31.0 Å². The maximum absolute atomic E-state index is 11.7. The number of likely N-dealkylation sites (tertiary alicyclic amines) is 1. The molecule has 0 bridgehead atoms. The average Bonchev–Trinajstić information content (AvgIpc) is 2.89. The fourth-order valence-electron chi connectivity index (χ4n) is 2.61. The fourth-order valence-corrected chi connectivity index (χ4v) is 2.61. The standard InChI is InChI=1S/C15H21N5O2/c1-10(2)15-16-13(22-18-15)9-19-6-12(7-19)8-20-14(21)5-4-11(3)17-20/h4-5,10,12H,6-9H2,1-3H3. The summed E-state index contributed by atoms with van der Waals surface area (Å²) in [5.74, 6) is 2.14. The Labute approximate surface area is 128 Å². The zero-order valence-electron chi connectivity index (χ0n) is 13.2. The normalized spacial score (nSPS) is 16.2. The largest absolute Gasteiger partial charge is 0.338 e. The first kappa shape index (κ1) is 14.9. The Balaban J connectivity index is 1.51. The van der Waals surface area contributed by atoms with E-state index in [0.29, 0.717) is 24.9 Å². The van der Waals surface area contributed by atoms with Crippen molar-refractivity contribution in [2.24, 2.45) is 5.92 Å². The first-order valence-corrected chi connectivity index (χ1v) is 7.61. The number of nitrogens with zero attached hydrogens (tertiary/aromatic N) is 5. The predicted octanol–water partition coefficient (Wildman–Crippen LogP) is 1.19. The van der Waals surface area contributed by atoms with E-state index in [9.17, 15) is 4.79 Å².